The Labute approximate surface area is 126 Å². The molecule has 2 rings (SSSR count). The summed E-state index contributed by atoms with van der Waals surface area (Å²) in [5.74, 6) is -0.758. The van der Waals surface area contributed by atoms with Crippen molar-refractivity contribution in [2.24, 2.45) is 5.92 Å². The zero-order valence-electron chi connectivity index (χ0n) is 11.2. The Hall–Kier alpha value is -1.56. The van der Waals surface area contributed by atoms with Gasteiger partial charge in [-0.15, -0.1) is 0 Å². The molecule has 1 saturated heterocycles. The molecule has 0 radical (unpaired) electrons. The van der Waals surface area contributed by atoms with Crippen LogP contribution in [0, 0.1) is 5.92 Å². The topological polar surface area (TPSA) is 69.6 Å². The van der Waals surface area contributed by atoms with Crippen molar-refractivity contribution >= 4 is 33.5 Å². The van der Waals surface area contributed by atoms with Gasteiger partial charge in [-0.25, -0.2) is 4.79 Å². The van der Waals surface area contributed by atoms with Crippen molar-refractivity contribution in [3.8, 4) is 0 Å². The van der Waals surface area contributed by atoms with Crippen LogP contribution in [0.2, 0.25) is 0 Å². The Morgan fingerprint density at radius 1 is 1.35 bits per heavy atom. The van der Waals surface area contributed by atoms with Gasteiger partial charge in [0.05, 0.1) is 5.56 Å². The lowest BCUT2D eigenvalue weighted by Crippen LogP contribution is -2.39. The Balaban J connectivity index is 2.06. The number of nitrogens with one attached hydrogen (secondary N) is 1. The fourth-order valence-corrected chi connectivity index (χ4v) is 3.01. The molecule has 2 N–H and O–H groups in total. The highest BCUT2D eigenvalue weighted by Crippen LogP contribution is 2.28. The van der Waals surface area contributed by atoms with Crippen LogP contribution in [0.3, 0.4) is 0 Å². The Morgan fingerprint density at radius 3 is 2.50 bits per heavy atom. The van der Waals surface area contributed by atoms with E-state index in [1.807, 2.05) is 12.1 Å². The van der Waals surface area contributed by atoms with E-state index in [0.717, 1.165) is 31.6 Å². The quantitative estimate of drug-likeness (QED) is 0.884. The van der Waals surface area contributed by atoms with Crippen molar-refractivity contribution in [2.75, 3.05) is 25.0 Å². The highest BCUT2D eigenvalue weighted by Gasteiger charge is 2.24. The predicted molar refractivity (Wildman–Crippen MR) is 80.1 cm³/mol. The van der Waals surface area contributed by atoms with E-state index < -0.39 is 5.97 Å². The summed E-state index contributed by atoms with van der Waals surface area (Å²) in [6.07, 6.45) is 1.63. The van der Waals surface area contributed by atoms with E-state index in [4.69, 9.17) is 5.11 Å². The molecule has 1 fully saturated rings. The van der Waals surface area contributed by atoms with Crippen LogP contribution in [0.5, 0.6) is 0 Å². The molecule has 0 unspecified atom stereocenters. The summed E-state index contributed by atoms with van der Waals surface area (Å²) in [4.78, 5) is 24.7. The van der Waals surface area contributed by atoms with Gasteiger partial charge in [0.1, 0.15) is 0 Å². The van der Waals surface area contributed by atoms with Crippen molar-refractivity contribution in [1.29, 1.82) is 0 Å². The van der Waals surface area contributed by atoms with Gasteiger partial charge < -0.3 is 15.3 Å². The van der Waals surface area contributed by atoms with E-state index in [1.165, 1.54) is 0 Å². The molecule has 1 aromatic carbocycles. The summed E-state index contributed by atoms with van der Waals surface area (Å²) in [5, 5.41) is 11.7. The van der Waals surface area contributed by atoms with E-state index in [0.29, 0.717) is 4.47 Å². The number of benzene rings is 1. The SMILES string of the molecule is CNC(=O)C1CCN(c2ccc(C(=O)O)c(Br)c2)CC1. The molecular weight excluding hydrogens is 324 g/mol. The number of rotatable bonds is 3. The minimum atomic E-state index is -0.943. The Kier molecular flexibility index (Phi) is 4.65. The lowest BCUT2D eigenvalue weighted by molar-refractivity contribution is -0.125. The average Bonchev–Trinajstić information content (AvgIpc) is 2.46. The second-order valence-corrected chi connectivity index (χ2v) is 5.70. The number of carbonyl (C=O) groups is 2. The molecule has 0 spiro atoms. The number of anilines is 1. The third-order valence-electron chi connectivity index (χ3n) is 3.66. The van der Waals surface area contributed by atoms with Gasteiger partial charge in [-0.2, -0.15) is 0 Å². The summed E-state index contributed by atoms with van der Waals surface area (Å²) in [6.45, 7) is 1.61. The summed E-state index contributed by atoms with van der Waals surface area (Å²) in [7, 11) is 1.66. The minimum Gasteiger partial charge on any atom is -0.478 e. The first-order valence-corrected chi connectivity index (χ1v) is 7.31. The smallest absolute Gasteiger partial charge is 0.336 e. The largest absolute Gasteiger partial charge is 0.478 e. The fraction of sp³-hybridized carbons (Fsp3) is 0.429. The number of aromatic carboxylic acids is 1. The second kappa shape index (κ2) is 6.26. The van der Waals surface area contributed by atoms with Gasteiger partial charge in [-0.1, -0.05) is 0 Å². The normalized spacial score (nSPS) is 16.0. The number of hydrogen-bond donors (Lipinski definition) is 2. The highest BCUT2D eigenvalue weighted by atomic mass is 79.9. The number of carbonyl (C=O) groups excluding carboxylic acids is 1. The maximum Gasteiger partial charge on any atom is 0.336 e. The number of amides is 1. The van der Waals surface area contributed by atoms with Crippen LogP contribution in [-0.4, -0.2) is 37.1 Å². The van der Waals surface area contributed by atoms with Crippen molar-refractivity contribution in [3.63, 3.8) is 0 Å². The molecule has 0 aromatic heterocycles. The van der Waals surface area contributed by atoms with Gasteiger partial charge in [0.2, 0.25) is 5.91 Å². The minimum absolute atomic E-state index is 0.0815. The van der Waals surface area contributed by atoms with Crippen LogP contribution in [0.4, 0.5) is 5.69 Å². The van der Waals surface area contributed by atoms with Crippen LogP contribution in [0.1, 0.15) is 23.2 Å². The number of halogens is 1. The third-order valence-corrected chi connectivity index (χ3v) is 4.32. The fourth-order valence-electron chi connectivity index (χ4n) is 2.48. The molecular formula is C14H17BrN2O3. The van der Waals surface area contributed by atoms with E-state index in [1.54, 1.807) is 13.1 Å². The number of carboxylic acid groups (broad SMARTS) is 1. The van der Waals surface area contributed by atoms with Crippen LogP contribution in [0.15, 0.2) is 22.7 Å². The molecule has 1 aliphatic rings. The van der Waals surface area contributed by atoms with Crippen LogP contribution < -0.4 is 10.2 Å². The van der Waals surface area contributed by atoms with Crippen LogP contribution >= 0.6 is 15.9 Å². The van der Waals surface area contributed by atoms with Gasteiger partial charge in [0, 0.05) is 36.2 Å². The molecule has 5 nitrogen and oxygen atoms in total. The van der Waals surface area contributed by atoms with E-state index >= 15 is 0 Å². The van der Waals surface area contributed by atoms with Gasteiger partial charge in [0.15, 0.2) is 0 Å². The number of piperidine rings is 1. The number of nitrogens with zero attached hydrogens (tertiary/aromatic N) is 1. The van der Waals surface area contributed by atoms with Crippen molar-refractivity contribution < 1.29 is 14.7 Å². The Morgan fingerprint density at radius 2 is 2.00 bits per heavy atom. The molecule has 1 amide bonds. The number of carboxylic acids is 1. The molecule has 1 aliphatic heterocycles. The standard InChI is InChI=1S/C14H17BrN2O3/c1-16-13(18)9-4-6-17(7-5-9)10-2-3-11(14(19)20)12(15)8-10/h2-3,8-9H,4-7H2,1H3,(H,16,18)(H,19,20). The van der Waals surface area contributed by atoms with Crippen LogP contribution in [-0.2, 0) is 4.79 Å². The molecule has 1 aromatic rings. The molecule has 1 heterocycles. The summed E-state index contributed by atoms with van der Waals surface area (Å²) >= 11 is 3.29. The Bertz CT molecular complexity index is 525. The highest BCUT2D eigenvalue weighted by molar-refractivity contribution is 9.10. The molecule has 108 valence electrons. The number of hydrogen-bond acceptors (Lipinski definition) is 3. The van der Waals surface area contributed by atoms with Crippen LogP contribution in [0.25, 0.3) is 0 Å². The first kappa shape index (κ1) is 14.8. The zero-order valence-corrected chi connectivity index (χ0v) is 12.8. The molecule has 0 bridgehead atoms. The monoisotopic (exact) mass is 340 g/mol. The molecule has 0 atom stereocenters. The van der Waals surface area contributed by atoms with Gasteiger partial charge in [-0.3, -0.25) is 4.79 Å². The van der Waals surface area contributed by atoms with E-state index in [-0.39, 0.29) is 17.4 Å². The second-order valence-electron chi connectivity index (χ2n) is 4.84. The maximum absolute atomic E-state index is 11.6. The summed E-state index contributed by atoms with van der Waals surface area (Å²) in [5.41, 5.74) is 1.24. The predicted octanol–water partition coefficient (Wildman–Crippen LogP) is 2.11. The van der Waals surface area contributed by atoms with E-state index in [2.05, 4.69) is 26.1 Å². The first-order valence-electron chi connectivity index (χ1n) is 6.52. The van der Waals surface area contributed by atoms with Gasteiger partial charge in [0.25, 0.3) is 0 Å². The molecule has 0 saturated carbocycles. The van der Waals surface area contributed by atoms with Crippen molar-refractivity contribution in [2.45, 2.75) is 12.8 Å². The first-order chi connectivity index (χ1) is 9.52. The van der Waals surface area contributed by atoms with Crippen molar-refractivity contribution in [3.05, 3.63) is 28.2 Å². The molecule has 0 aliphatic carbocycles. The maximum atomic E-state index is 11.6. The lowest BCUT2D eigenvalue weighted by Gasteiger charge is -2.33. The van der Waals surface area contributed by atoms with Crippen molar-refractivity contribution in [1.82, 2.24) is 5.32 Å². The van der Waals surface area contributed by atoms with E-state index in [9.17, 15) is 9.59 Å². The lowest BCUT2D eigenvalue weighted by atomic mass is 9.95. The molecule has 6 heteroatoms. The van der Waals surface area contributed by atoms with Gasteiger partial charge in [-0.05, 0) is 47.0 Å². The summed E-state index contributed by atoms with van der Waals surface area (Å²) in [6, 6.07) is 5.24. The van der Waals surface area contributed by atoms with Gasteiger partial charge >= 0.3 is 5.97 Å². The zero-order chi connectivity index (χ0) is 14.7. The molecule has 20 heavy (non-hydrogen) atoms. The third kappa shape index (κ3) is 3.12. The average molecular weight is 341 g/mol. The summed E-state index contributed by atoms with van der Waals surface area (Å²) < 4.78 is 0.580.